The molecule has 0 amide bonds. The Morgan fingerprint density at radius 3 is 2.18 bits per heavy atom. The van der Waals surface area contributed by atoms with Crippen LogP contribution >= 0.6 is 0 Å². The van der Waals surface area contributed by atoms with E-state index < -0.39 is 0 Å². The third kappa shape index (κ3) is 5.02. The highest BCUT2D eigenvalue weighted by Gasteiger charge is 2.10. The van der Waals surface area contributed by atoms with E-state index in [4.69, 9.17) is 0 Å². The maximum absolute atomic E-state index is 9.21. The Morgan fingerprint density at radius 1 is 1.27 bits per heavy atom. The maximum Gasteiger partial charge on any atom is 0.0537 e. The van der Waals surface area contributed by atoms with E-state index in [2.05, 4.69) is 26.0 Å². The molecular formula is C10H20O. The van der Waals surface area contributed by atoms with Crippen LogP contribution in [0.4, 0.5) is 0 Å². The van der Waals surface area contributed by atoms with Crippen molar-refractivity contribution in [2.75, 3.05) is 0 Å². The SMILES string of the molecule is C/C=C\C(C)CC(C)C(C)O. The molecule has 0 bridgehead atoms. The van der Waals surface area contributed by atoms with Crippen LogP contribution in [0.1, 0.15) is 34.1 Å². The quantitative estimate of drug-likeness (QED) is 0.620. The minimum Gasteiger partial charge on any atom is -0.393 e. The van der Waals surface area contributed by atoms with Gasteiger partial charge in [0.25, 0.3) is 0 Å². The summed E-state index contributed by atoms with van der Waals surface area (Å²) in [4.78, 5) is 0. The van der Waals surface area contributed by atoms with Gasteiger partial charge in [0.15, 0.2) is 0 Å². The number of allylic oxidation sites excluding steroid dienone is 2. The lowest BCUT2D eigenvalue weighted by Crippen LogP contribution is -2.15. The van der Waals surface area contributed by atoms with E-state index in [1.165, 1.54) is 0 Å². The summed E-state index contributed by atoms with van der Waals surface area (Å²) in [6.07, 6.45) is 5.14. The van der Waals surface area contributed by atoms with Crippen LogP contribution < -0.4 is 0 Å². The number of aliphatic hydroxyl groups excluding tert-OH is 1. The van der Waals surface area contributed by atoms with Crippen LogP contribution in [0.15, 0.2) is 12.2 Å². The first kappa shape index (κ1) is 10.7. The normalized spacial score (nSPS) is 20.1. The lowest BCUT2D eigenvalue weighted by atomic mass is 9.93. The molecule has 1 heteroatoms. The van der Waals surface area contributed by atoms with E-state index in [9.17, 15) is 5.11 Å². The van der Waals surface area contributed by atoms with Crippen LogP contribution in [0.2, 0.25) is 0 Å². The van der Waals surface area contributed by atoms with Crippen LogP contribution in [-0.2, 0) is 0 Å². The average Bonchev–Trinajstić information content (AvgIpc) is 1.87. The van der Waals surface area contributed by atoms with Crippen molar-refractivity contribution >= 4 is 0 Å². The highest BCUT2D eigenvalue weighted by molar-refractivity contribution is 4.84. The minimum absolute atomic E-state index is 0.178. The second-order valence-electron chi connectivity index (χ2n) is 3.46. The first-order chi connectivity index (χ1) is 5.07. The molecule has 0 spiro atoms. The van der Waals surface area contributed by atoms with Crippen LogP contribution in [0, 0.1) is 11.8 Å². The van der Waals surface area contributed by atoms with Crippen molar-refractivity contribution in [3.05, 3.63) is 12.2 Å². The Balaban J connectivity index is 3.65. The van der Waals surface area contributed by atoms with Crippen molar-refractivity contribution in [1.82, 2.24) is 0 Å². The zero-order valence-corrected chi connectivity index (χ0v) is 8.04. The summed E-state index contributed by atoms with van der Waals surface area (Å²) in [6, 6.07) is 0. The number of rotatable bonds is 4. The van der Waals surface area contributed by atoms with Gasteiger partial charge in [-0.3, -0.25) is 0 Å². The maximum atomic E-state index is 9.21. The fourth-order valence-corrected chi connectivity index (χ4v) is 1.19. The molecule has 0 saturated heterocycles. The molecule has 0 aromatic carbocycles. The number of hydrogen-bond acceptors (Lipinski definition) is 1. The molecule has 0 aliphatic carbocycles. The zero-order valence-electron chi connectivity index (χ0n) is 8.04. The fraction of sp³-hybridized carbons (Fsp3) is 0.800. The van der Waals surface area contributed by atoms with Gasteiger partial charge in [-0.2, -0.15) is 0 Å². The molecule has 3 atom stereocenters. The van der Waals surface area contributed by atoms with Crippen LogP contribution in [0.3, 0.4) is 0 Å². The Hall–Kier alpha value is -0.300. The molecule has 0 fully saturated rings. The molecule has 66 valence electrons. The summed E-state index contributed by atoms with van der Waals surface area (Å²) in [7, 11) is 0. The molecule has 0 aromatic rings. The lowest BCUT2D eigenvalue weighted by Gasteiger charge is -2.16. The number of hydrogen-bond donors (Lipinski definition) is 1. The van der Waals surface area contributed by atoms with E-state index in [1.807, 2.05) is 13.8 Å². The van der Waals surface area contributed by atoms with Gasteiger partial charge in [0.05, 0.1) is 6.10 Å². The highest BCUT2D eigenvalue weighted by atomic mass is 16.3. The Labute approximate surface area is 70.1 Å². The average molecular weight is 156 g/mol. The molecule has 3 unspecified atom stereocenters. The monoisotopic (exact) mass is 156 g/mol. The fourth-order valence-electron chi connectivity index (χ4n) is 1.19. The molecule has 1 nitrogen and oxygen atoms in total. The van der Waals surface area contributed by atoms with Gasteiger partial charge in [-0.05, 0) is 32.1 Å². The highest BCUT2D eigenvalue weighted by Crippen LogP contribution is 2.15. The third-order valence-corrected chi connectivity index (χ3v) is 2.09. The van der Waals surface area contributed by atoms with Gasteiger partial charge in [-0.25, -0.2) is 0 Å². The standard InChI is InChI=1S/C10H20O/c1-5-6-8(2)7-9(3)10(4)11/h5-6,8-11H,7H2,1-4H3/b6-5-. The minimum atomic E-state index is -0.178. The largest absolute Gasteiger partial charge is 0.393 e. The Kier molecular flexibility index (Phi) is 5.22. The van der Waals surface area contributed by atoms with Crippen LogP contribution in [0.25, 0.3) is 0 Å². The molecule has 0 aliphatic rings. The van der Waals surface area contributed by atoms with E-state index in [1.54, 1.807) is 0 Å². The van der Waals surface area contributed by atoms with Gasteiger partial charge >= 0.3 is 0 Å². The lowest BCUT2D eigenvalue weighted by molar-refractivity contribution is 0.124. The van der Waals surface area contributed by atoms with Gasteiger partial charge in [0.1, 0.15) is 0 Å². The molecule has 0 aromatic heterocycles. The smallest absolute Gasteiger partial charge is 0.0537 e. The first-order valence-corrected chi connectivity index (χ1v) is 4.38. The van der Waals surface area contributed by atoms with Crippen molar-refractivity contribution in [1.29, 1.82) is 0 Å². The van der Waals surface area contributed by atoms with E-state index >= 15 is 0 Å². The Bertz CT molecular complexity index is 116. The van der Waals surface area contributed by atoms with E-state index in [-0.39, 0.29) is 6.10 Å². The summed E-state index contributed by atoms with van der Waals surface area (Å²) in [5.41, 5.74) is 0. The predicted octanol–water partition coefficient (Wildman–Crippen LogP) is 2.61. The topological polar surface area (TPSA) is 20.2 Å². The van der Waals surface area contributed by atoms with Crippen molar-refractivity contribution in [3.8, 4) is 0 Å². The van der Waals surface area contributed by atoms with Gasteiger partial charge in [0.2, 0.25) is 0 Å². The molecule has 0 radical (unpaired) electrons. The van der Waals surface area contributed by atoms with E-state index in [0.717, 1.165) is 6.42 Å². The number of aliphatic hydroxyl groups is 1. The van der Waals surface area contributed by atoms with Gasteiger partial charge < -0.3 is 5.11 Å². The van der Waals surface area contributed by atoms with Crippen molar-refractivity contribution in [2.45, 2.75) is 40.2 Å². The molecule has 0 saturated carbocycles. The van der Waals surface area contributed by atoms with Crippen molar-refractivity contribution < 1.29 is 5.11 Å². The molecular weight excluding hydrogens is 136 g/mol. The van der Waals surface area contributed by atoms with Crippen molar-refractivity contribution in [2.24, 2.45) is 11.8 Å². The summed E-state index contributed by atoms with van der Waals surface area (Å²) in [5, 5.41) is 9.21. The van der Waals surface area contributed by atoms with Crippen LogP contribution in [-0.4, -0.2) is 11.2 Å². The second kappa shape index (κ2) is 5.36. The summed E-state index contributed by atoms with van der Waals surface area (Å²) in [5.74, 6) is 0.991. The molecule has 11 heavy (non-hydrogen) atoms. The molecule has 1 N–H and O–H groups in total. The van der Waals surface area contributed by atoms with Crippen LogP contribution in [0.5, 0.6) is 0 Å². The molecule has 0 aliphatic heterocycles. The summed E-state index contributed by atoms with van der Waals surface area (Å²) < 4.78 is 0. The summed E-state index contributed by atoms with van der Waals surface area (Å²) >= 11 is 0. The van der Waals surface area contributed by atoms with Gasteiger partial charge in [0, 0.05) is 0 Å². The van der Waals surface area contributed by atoms with Crippen molar-refractivity contribution in [3.63, 3.8) is 0 Å². The zero-order chi connectivity index (χ0) is 8.85. The second-order valence-corrected chi connectivity index (χ2v) is 3.46. The first-order valence-electron chi connectivity index (χ1n) is 4.38. The van der Waals surface area contributed by atoms with Gasteiger partial charge in [-0.15, -0.1) is 0 Å². The molecule has 0 heterocycles. The molecule has 0 rings (SSSR count). The summed E-state index contributed by atoms with van der Waals surface area (Å²) in [6.45, 7) is 8.15. The van der Waals surface area contributed by atoms with Gasteiger partial charge in [-0.1, -0.05) is 26.0 Å². The predicted molar refractivity (Wildman–Crippen MR) is 49.4 cm³/mol. The third-order valence-electron chi connectivity index (χ3n) is 2.09. The van der Waals surface area contributed by atoms with E-state index in [0.29, 0.717) is 11.8 Å². The Morgan fingerprint density at radius 2 is 1.82 bits per heavy atom.